The second kappa shape index (κ2) is 8.00. The van der Waals surface area contributed by atoms with Crippen molar-refractivity contribution in [3.63, 3.8) is 0 Å². The lowest BCUT2D eigenvalue weighted by molar-refractivity contribution is -0.132. The number of methoxy groups -OCH3 is 1. The number of hydrogen-bond acceptors (Lipinski definition) is 5. The minimum absolute atomic E-state index is 0.0156. The lowest BCUT2D eigenvalue weighted by Gasteiger charge is -2.24. The molecule has 6 nitrogen and oxygen atoms in total. The highest BCUT2D eigenvalue weighted by Gasteiger charge is 2.47. The molecule has 150 valence electrons. The van der Waals surface area contributed by atoms with E-state index in [-0.39, 0.29) is 11.3 Å². The van der Waals surface area contributed by atoms with Gasteiger partial charge in [-0.25, -0.2) is 4.98 Å². The number of hydrogen-bond donors (Lipinski definition) is 1. The summed E-state index contributed by atoms with van der Waals surface area (Å²) in [6.45, 7) is 0. The molecule has 1 fully saturated rings. The second-order valence-electron chi connectivity index (χ2n) is 6.64. The van der Waals surface area contributed by atoms with Crippen LogP contribution in [0, 0.1) is 0 Å². The first-order valence-corrected chi connectivity index (χ1v) is 9.51. The number of rotatable bonds is 4. The molecule has 3 aromatic rings. The van der Waals surface area contributed by atoms with E-state index in [1.165, 1.54) is 4.90 Å². The van der Waals surface area contributed by atoms with Gasteiger partial charge in [0.2, 0.25) is 0 Å². The van der Waals surface area contributed by atoms with Gasteiger partial charge in [-0.2, -0.15) is 0 Å². The summed E-state index contributed by atoms with van der Waals surface area (Å²) in [5.74, 6) is -0.870. The van der Waals surface area contributed by atoms with Crippen molar-refractivity contribution in [1.82, 2.24) is 4.98 Å². The van der Waals surface area contributed by atoms with Gasteiger partial charge in [0.25, 0.3) is 5.78 Å². The van der Waals surface area contributed by atoms with Crippen molar-refractivity contribution in [2.45, 2.75) is 6.04 Å². The summed E-state index contributed by atoms with van der Waals surface area (Å²) in [6, 6.07) is 17.6. The van der Waals surface area contributed by atoms with E-state index in [4.69, 9.17) is 16.3 Å². The summed E-state index contributed by atoms with van der Waals surface area (Å²) in [6.07, 6.45) is 1.54. The Morgan fingerprint density at radius 2 is 1.73 bits per heavy atom. The Balaban J connectivity index is 1.92. The summed E-state index contributed by atoms with van der Waals surface area (Å²) in [4.78, 5) is 31.5. The molecule has 0 saturated carbocycles. The van der Waals surface area contributed by atoms with Crippen LogP contribution in [0.4, 0.5) is 5.82 Å². The Hall–Kier alpha value is -3.64. The molecule has 0 bridgehead atoms. The van der Waals surface area contributed by atoms with Crippen molar-refractivity contribution in [2.24, 2.45) is 0 Å². The van der Waals surface area contributed by atoms with E-state index in [1.807, 2.05) is 0 Å². The Bertz CT molecular complexity index is 1130. The maximum absolute atomic E-state index is 13.0. The zero-order valence-electron chi connectivity index (χ0n) is 15.9. The molecule has 1 aromatic heterocycles. The first kappa shape index (κ1) is 19.7. The molecule has 0 radical (unpaired) electrons. The number of benzene rings is 2. The third kappa shape index (κ3) is 3.42. The Morgan fingerprint density at radius 3 is 2.33 bits per heavy atom. The normalized spacial score (nSPS) is 17.9. The van der Waals surface area contributed by atoms with E-state index in [1.54, 1.807) is 80.0 Å². The van der Waals surface area contributed by atoms with Crippen LogP contribution in [0.3, 0.4) is 0 Å². The number of aliphatic hydroxyl groups is 1. The molecule has 2 aromatic carbocycles. The van der Waals surface area contributed by atoms with Gasteiger partial charge in [-0.1, -0.05) is 29.8 Å². The standard InChI is InChI=1S/C23H17ClN2O4/c1-30-17-11-7-14(8-12-17)20-19(21(27)15-5-9-16(24)10-6-15)22(28)23(29)26(20)18-4-2-3-13-25-18/h2-13,20,27H,1H3/t20-/m1/s1. The molecule has 1 atom stereocenters. The van der Waals surface area contributed by atoms with Gasteiger partial charge in [0.05, 0.1) is 18.7 Å². The zero-order chi connectivity index (χ0) is 21.3. The number of pyridine rings is 1. The van der Waals surface area contributed by atoms with Crippen LogP contribution in [-0.4, -0.2) is 28.9 Å². The number of anilines is 1. The lowest BCUT2D eigenvalue weighted by atomic mass is 9.95. The summed E-state index contributed by atoms with van der Waals surface area (Å²) in [5, 5.41) is 11.5. The van der Waals surface area contributed by atoms with Gasteiger partial charge in [0, 0.05) is 16.8 Å². The molecule has 1 amide bonds. The third-order valence-electron chi connectivity index (χ3n) is 4.89. The van der Waals surface area contributed by atoms with Crippen LogP contribution in [0.25, 0.3) is 5.76 Å². The van der Waals surface area contributed by atoms with E-state index < -0.39 is 17.7 Å². The van der Waals surface area contributed by atoms with Crippen LogP contribution in [0.2, 0.25) is 5.02 Å². The van der Waals surface area contributed by atoms with Gasteiger partial charge in [0.15, 0.2) is 0 Å². The highest BCUT2D eigenvalue weighted by molar-refractivity contribution is 6.51. The van der Waals surface area contributed by atoms with Gasteiger partial charge < -0.3 is 9.84 Å². The number of ketones is 1. The van der Waals surface area contributed by atoms with E-state index in [0.29, 0.717) is 27.7 Å². The first-order valence-electron chi connectivity index (χ1n) is 9.13. The Kier molecular flexibility index (Phi) is 5.25. The quantitative estimate of drug-likeness (QED) is 0.385. The summed E-state index contributed by atoms with van der Waals surface area (Å²) >= 11 is 5.94. The van der Waals surface area contributed by atoms with Crippen molar-refractivity contribution < 1.29 is 19.4 Å². The second-order valence-corrected chi connectivity index (χ2v) is 7.07. The van der Waals surface area contributed by atoms with E-state index in [9.17, 15) is 14.7 Å². The maximum Gasteiger partial charge on any atom is 0.301 e. The van der Waals surface area contributed by atoms with E-state index in [2.05, 4.69) is 4.98 Å². The number of carbonyl (C=O) groups is 2. The van der Waals surface area contributed by atoms with E-state index >= 15 is 0 Å². The van der Waals surface area contributed by atoms with Gasteiger partial charge in [-0.3, -0.25) is 14.5 Å². The predicted octanol–water partition coefficient (Wildman–Crippen LogP) is 4.37. The van der Waals surface area contributed by atoms with Crippen molar-refractivity contribution in [3.05, 3.63) is 94.6 Å². The molecule has 1 aliphatic rings. The van der Waals surface area contributed by atoms with Gasteiger partial charge in [-0.15, -0.1) is 0 Å². The number of ether oxygens (including phenoxy) is 1. The SMILES string of the molecule is COc1ccc([C@@H]2C(=C(O)c3ccc(Cl)cc3)C(=O)C(=O)N2c2ccccn2)cc1. The molecule has 0 spiro atoms. The highest BCUT2D eigenvalue weighted by atomic mass is 35.5. The highest BCUT2D eigenvalue weighted by Crippen LogP contribution is 2.41. The van der Waals surface area contributed by atoms with Crippen molar-refractivity contribution >= 4 is 34.9 Å². The number of aliphatic hydroxyl groups excluding tert-OH is 1. The van der Waals surface area contributed by atoms with E-state index in [0.717, 1.165) is 0 Å². The average molecular weight is 421 g/mol. The molecular formula is C23H17ClN2O4. The summed E-state index contributed by atoms with van der Waals surface area (Å²) in [7, 11) is 1.55. The molecule has 1 N–H and O–H groups in total. The monoisotopic (exact) mass is 420 g/mol. The number of amides is 1. The first-order chi connectivity index (χ1) is 14.5. The van der Waals surface area contributed by atoms with Crippen LogP contribution in [0.15, 0.2) is 78.5 Å². The number of nitrogens with zero attached hydrogens (tertiary/aromatic N) is 2. The number of carbonyl (C=O) groups excluding carboxylic acids is 2. The topological polar surface area (TPSA) is 79.7 Å². The molecule has 0 aliphatic carbocycles. The van der Waals surface area contributed by atoms with Crippen LogP contribution in [0.1, 0.15) is 17.2 Å². The number of aromatic nitrogens is 1. The largest absolute Gasteiger partial charge is 0.507 e. The smallest absolute Gasteiger partial charge is 0.301 e. The summed E-state index contributed by atoms with van der Waals surface area (Å²) in [5.41, 5.74) is 1.01. The third-order valence-corrected chi connectivity index (χ3v) is 5.14. The number of halogens is 1. The number of Topliss-reactive ketones (excluding diaryl/α,β-unsaturated/α-hetero) is 1. The van der Waals surface area contributed by atoms with Crippen LogP contribution < -0.4 is 9.64 Å². The Labute approximate surface area is 178 Å². The predicted molar refractivity (Wildman–Crippen MR) is 113 cm³/mol. The van der Waals surface area contributed by atoms with Gasteiger partial charge in [0.1, 0.15) is 17.3 Å². The lowest BCUT2D eigenvalue weighted by Crippen LogP contribution is -2.30. The van der Waals surface area contributed by atoms with Crippen molar-refractivity contribution in [2.75, 3.05) is 12.0 Å². The molecule has 0 unspecified atom stereocenters. The van der Waals surface area contributed by atoms with Crippen LogP contribution in [0.5, 0.6) is 5.75 Å². The molecule has 1 aliphatic heterocycles. The fourth-order valence-corrected chi connectivity index (χ4v) is 3.56. The fourth-order valence-electron chi connectivity index (χ4n) is 3.43. The van der Waals surface area contributed by atoms with Crippen LogP contribution in [-0.2, 0) is 9.59 Å². The summed E-state index contributed by atoms with van der Waals surface area (Å²) < 4.78 is 5.21. The Morgan fingerprint density at radius 1 is 1.03 bits per heavy atom. The molecular weight excluding hydrogens is 404 g/mol. The maximum atomic E-state index is 13.0. The van der Waals surface area contributed by atoms with Crippen LogP contribution >= 0.6 is 11.6 Å². The molecule has 2 heterocycles. The average Bonchev–Trinajstić information content (AvgIpc) is 3.05. The zero-order valence-corrected chi connectivity index (χ0v) is 16.7. The fraction of sp³-hybridized carbons (Fsp3) is 0.0870. The molecule has 4 rings (SSSR count). The molecule has 1 saturated heterocycles. The minimum atomic E-state index is -0.846. The molecule has 7 heteroatoms. The minimum Gasteiger partial charge on any atom is -0.507 e. The van der Waals surface area contributed by atoms with Gasteiger partial charge >= 0.3 is 5.91 Å². The van der Waals surface area contributed by atoms with Gasteiger partial charge in [-0.05, 0) is 54.1 Å². The van der Waals surface area contributed by atoms with Crippen molar-refractivity contribution in [3.8, 4) is 5.75 Å². The molecule has 30 heavy (non-hydrogen) atoms. The van der Waals surface area contributed by atoms with Crippen molar-refractivity contribution in [1.29, 1.82) is 0 Å².